The SMILES string of the molecule is N#Cc1ccc(OC2CCC(N3C(=O)CCC(N4C(=O)c5ccc(N6CCN(CC7CCN(c8ncc(C(N)=O)cn8)CC7)CC6)cc5C4=O)C3=O)CC2)cc1Cl. The first-order valence-corrected chi connectivity index (χ1v) is 20.0. The maximum Gasteiger partial charge on any atom is 0.262 e. The van der Waals surface area contributed by atoms with E-state index in [0.717, 1.165) is 69.2 Å². The van der Waals surface area contributed by atoms with Crippen LogP contribution in [0, 0.1) is 17.2 Å². The number of fused-ring (bicyclic) bond motifs is 1. The standard InChI is InChI=1S/C41H44ClN9O6/c42-34-20-31(5-1-26(34)21-43)57-30-6-2-28(3-7-30)50-36(52)10-9-35(40(50)56)51-38(54)32-8-4-29(19-33(32)39(51)55)48-17-15-47(16-18-48)24-25-11-13-49(14-12-25)41-45-22-27(23-46-41)37(44)53/h1,4-5,8,19-20,22-23,25,28,30,35H,2-3,6-7,9-18,24H2,(H2,44,53). The van der Waals surface area contributed by atoms with Crippen LogP contribution in [-0.4, -0.2) is 118 Å². The largest absolute Gasteiger partial charge is 0.490 e. The minimum Gasteiger partial charge on any atom is -0.490 e. The van der Waals surface area contributed by atoms with E-state index in [1.807, 2.05) is 12.1 Å². The Hall–Kier alpha value is -5.59. The molecule has 296 valence electrons. The van der Waals surface area contributed by atoms with Gasteiger partial charge in [0.25, 0.3) is 23.6 Å². The molecular weight excluding hydrogens is 750 g/mol. The Kier molecular flexibility index (Phi) is 10.8. The fourth-order valence-corrected chi connectivity index (χ4v) is 9.11. The highest BCUT2D eigenvalue weighted by Crippen LogP contribution is 2.35. The third kappa shape index (κ3) is 7.76. The molecule has 5 heterocycles. The number of anilines is 2. The molecule has 2 aromatic carbocycles. The Balaban J connectivity index is 0.837. The lowest BCUT2D eigenvalue weighted by molar-refractivity contribution is -0.155. The lowest BCUT2D eigenvalue weighted by atomic mass is 9.89. The topological polar surface area (TPSA) is 186 Å². The number of piperazine rings is 1. The monoisotopic (exact) mass is 793 g/mol. The van der Waals surface area contributed by atoms with Crippen molar-refractivity contribution in [3.63, 3.8) is 0 Å². The third-order valence-electron chi connectivity index (χ3n) is 12.1. The van der Waals surface area contributed by atoms with Gasteiger partial charge in [0.1, 0.15) is 17.9 Å². The van der Waals surface area contributed by atoms with Crippen molar-refractivity contribution >= 4 is 52.8 Å². The Morgan fingerprint density at radius 3 is 2.19 bits per heavy atom. The van der Waals surface area contributed by atoms with Crippen LogP contribution in [-0.2, 0) is 9.59 Å². The summed E-state index contributed by atoms with van der Waals surface area (Å²) >= 11 is 6.17. The Morgan fingerprint density at radius 2 is 1.53 bits per heavy atom. The highest BCUT2D eigenvalue weighted by molar-refractivity contribution is 6.31. The second kappa shape index (κ2) is 16.1. The molecule has 8 rings (SSSR count). The van der Waals surface area contributed by atoms with Crippen LogP contribution in [0.25, 0.3) is 0 Å². The molecule has 3 aromatic rings. The highest BCUT2D eigenvalue weighted by Gasteiger charge is 2.49. The summed E-state index contributed by atoms with van der Waals surface area (Å²) < 4.78 is 6.10. The van der Waals surface area contributed by atoms with E-state index in [2.05, 4.69) is 24.7 Å². The van der Waals surface area contributed by atoms with Crippen LogP contribution in [0.2, 0.25) is 5.02 Å². The quantitative estimate of drug-likeness (QED) is 0.311. The molecule has 1 saturated carbocycles. The number of halogens is 1. The lowest BCUT2D eigenvalue weighted by Gasteiger charge is -2.41. The van der Waals surface area contributed by atoms with Gasteiger partial charge in [-0.15, -0.1) is 0 Å². The normalized spacial score (nSPS) is 23.5. The highest BCUT2D eigenvalue weighted by atomic mass is 35.5. The van der Waals surface area contributed by atoms with E-state index in [4.69, 9.17) is 27.3 Å². The minimum absolute atomic E-state index is 0.0687. The number of hydrogen-bond acceptors (Lipinski definition) is 12. The summed E-state index contributed by atoms with van der Waals surface area (Å²) in [6, 6.07) is 10.9. The summed E-state index contributed by atoms with van der Waals surface area (Å²) in [5, 5.41) is 9.46. The fraction of sp³-hybridized carbons (Fsp3) is 0.463. The lowest BCUT2D eigenvalue weighted by Crippen LogP contribution is -2.59. The maximum absolute atomic E-state index is 14.0. The van der Waals surface area contributed by atoms with Gasteiger partial charge in [0.2, 0.25) is 11.9 Å². The van der Waals surface area contributed by atoms with Crippen molar-refractivity contribution in [3.8, 4) is 11.8 Å². The summed E-state index contributed by atoms with van der Waals surface area (Å²) in [7, 11) is 0. The van der Waals surface area contributed by atoms with Gasteiger partial charge in [0, 0.05) is 82.4 Å². The van der Waals surface area contributed by atoms with Crippen LogP contribution in [0.1, 0.15) is 88.0 Å². The molecule has 0 bridgehead atoms. The summed E-state index contributed by atoms with van der Waals surface area (Å²) in [5.41, 5.74) is 7.40. The second-order valence-corrected chi connectivity index (χ2v) is 15.9. The van der Waals surface area contributed by atoms with E-state index in [0.29, 0.717) is 59.4 Å². The number of likely N-dealkylation sites (tertiary alicyclic amines) is 1. The fourth-order valence-electron chi connectivity index (χ4n) is 8.89. The molecule has 15 nitrogen and oxygen atoms in total. The number of carbonyl (C=O) groups excluding carboxylic acids is 5. The number of primary amides is 1. The van der Waals surface area contributed by atoms with E-state index in [1.165, 1.54) is 17.3 Å². The smallest absolute Gasteiger partial charge is 0.262 e. The molecule has 1 atom stereocenters. The molecule has 16 heteroatoms. The van der Waals surface area contributed by atoms with Gasteiger partial charge in [0.05, 0.1) is 33.4 Å². The van der Waals surface area contributed by atoms with E-state index in [9.17, 15) is 24.0 Å². The van der Waals surface area contributed by atoms with Crippen LogP contribution >= 0.6 is 11.6 Å². The molecule has 2 N–H and O–H groups in total. The van der Waals surface area contributed by atoms with Crippen LogP contribution in [0.3, 0.4) is 0 Å². The predicted molar refractivity (Wildman–Crippen MR) is 209 cm³/mol. The zero-order valence-electron chi connectivity index (χ0n) is 31.5. The average Bonchev–Trinajstić information content (AvgIpc) is 3.47. The van der Waals surface area contributed by atoms with Crippen LogP contribution in [0.4, 0.5) is 11.6 Å². The molecule has 1 unspecified atom stereocenters. The molecule has 4 fully saturated rings. The molecular formula is C41H44ClN9O6. The van der Waals surface area contributed by atoms with Crippen molar-refractivity contribution in [2.45, 2.75) is 69.6 Å². The van der Waals surface area contributed by atoms with Gasteiger partial charge in [-0.3, -0.25) is 38.7 Å². The van der Waals surface area contributed by atoms with Gasteiger partial charge in [-0.2, -0.15) is 5.26 Å². The van der Waals surface area contributed by atoms with Gasteiger partial charge in [-0.1, -0.05) is 11.6 Å². The first-order chi connectivity index (χ1) is 27.6. The predicted octanol–water partition coefficient (Wildman–Crippen LogP) is 3.64. The van der Waals surface area contributed by atoms with Crippen molar-refractivity contribution < 1.29 is 28.7 Å². The number of carbonyl (C=O) groups is 5. The number of hydrogen-bond donors (Lipinski definition) is 1. The molecule has 5 amide bonds. The first-order valence-electron chi connectivity index (χ1n) is 19.7. The molecule has 5 aliphatic rings. The number of rotatable bonds is 9. The summed E-state index contributed by atoms with van der Waals surface area (Å²) in [4.78, 5) is 84.0. The van der Waals surface area contributed by atoms with Gasteiger partial charge < -0.3 is 20.3 Å². The molecule has 0 spiro atoms. The Bertz CT molecular complexity index is 2120. The van der Waals surface area contributed by atoms with Crippen molar-refractivity contribution in [1.29, 1.82) is 5.26 Å². The number of imide groups is 2. The number of amides is 5. The van der Waals surface area contributed by atoms with E-state index in [1.54, 1.807) is 30.3 Å². The number of benzene rings is 2. The Labute approximate surface area is 335 Å². The maximum atomic E-state index is 14.0. The van der Waals surface area contributed by atoms with Crippen molar-refractivity contribution in [2.24, 2.45) is 11.7 Å². The molecule has 3 saturated heterocycles. The van der Waals surface area contributed by atoms with Gasteiger partial charge in [0.15, 0.2) is 0 Å². The van der Waals surface area contributed by atoms with Gasteiger partial charge in [-0.05, 0) is 81.2 Å². The molecule has 0 radical (unpaired) electrons. The number of nitriles is 1. The van der Waals surface area contributed by atoms with E-state index in [-0.39, 0.29) is 42.0 Å². The summed E-state index contributed by atoms with van der Waals surface area (Å²) in [6.07, 6.45) is 7.25. The number of piperidine rings is 2. The third-order valence-corrected chi connectivity index (χ3v) is 12.4. The molecule has 1 aromatic heterocycles. The van der Waals surface area contributed by atoms with Crippen LogP contribution in [0.5, 0.6) is 5.75 Å². The zero-order valence-corrected chi connectivity index (χ0v) is 32.3. The van der Waals surface area contributed by atoms with Crippen molar-refractivity contribution in [2.75, 3.05) is 55.6 Å². The molecule has 57 heavy (non-hydrogen) atoms. The van der Waals surface area contributed by atoms with Crippen LogP contribution in [0.15, 0.2) is 48.8 Å². The van der Waals surface area contributed by atoms with Crippen LogP contribution < -0.4 is 20.3 Å². The van der Waals surface area contributed by atoms with Gasteiger partial charge in [-0.25, -0.2) is 9.97 Å². The number of ether oxygens (including phenoxy) is 1. The summed E-state index contributed by atoms with van der Waals surface area (Å²) in [6.45, 7) is 5.96. The number of nitrogens with two attached hydrogens (primary N) is 1. The van der Waals surface area contributed by atoms with E-state index >= 15 is 0 Å². The molecule has 1 aliphatic carbocycles. The Morgan fingerprint density at radius 1 is 0.825 bits per heavy atom. The minimum atomic E-state index is -1.04. The van der Waals surface area contributed by atoms with Crippen molar-refractivity contribution in [3.05, 3.63) is 76.1 Å². The summed E-state index contributed by atoms with van der Waals surface area (Å²) in [5.74, 6) is -0.620. The molecule has 4 aliphatic heterocycles. The number of nitrogens with zero attached hydrogens (tertiary/aromatic N) is 8. The first kappa shape index (κ1) is 38.3. The van der Waals surface area contributed by atoms with Gasteiger partial charge >= 0.3 is 0 Å². The second-order valence-electron chi connectivity index (χ2n) is 15.5. The zero-order chi connectivity index (χ0) is 39.8. The van der Waals surface area contributed by atoms with E-state index < -0.39 is 29.7 Å². The average molecular weight is 794 g/mol. The van der Waals surface area contributed by atoms with Crippen molar-refractivity contribution in [1.82, 2.24) is 24.7 Å². The number of aromatic nitrogens is 2.